The molecule has 0 aromatic heterocycles. The third-order valence-corrected chi connectivity index (χ3v) is 4.57. The molecule has 0 atom stereocenters. The maximum absolute atomic E-state index is 11.8. The van der Waals surface area contributed by atoms with Crippen molar-refractivity contribution in [1.82, 2.24) is 15.5 Å². The van der Waals surface area contributed by atoms with Crippen molar-refractivity contribution >= 4 is 24.8 Å². The minimum atomic E-state index is -1.48. The molecule has 0 aliphatic carbocycles. The van der Waals surface area contributed by atoms with Crippen molar-refractivity contribution < 1.29 is 29.1 Å². The summed E-state index contributed by atoms with van der Waals surface area (Å²) in [5.74, 6) is 0. The van der Waals surface area contributed by atoms with Crippen molar-refractivity contribution in [2.45, 2.75) is 78.6 Å². The minimum absolute atomic E-state index is 0.413. The summed E-state index contributed by atoms with van der Waals surface area (Å²) in [5.41, 5.74) is 0.453. The second-order valence-electron chi connectivity index (χ2n) is 10.3. The van der Waals surface area contributed by atoms with Gasteiger partial charge in [0, 0.05) is 26.2 Å². The first kappa shape index (κ1) is 29.7. The molecule has 0 spiro atoms. The SMILES string of the molecule is CC(C)(C)OC(=O)NCCCCN(CCCNC(=O)OC(C)(C)C)Cc1ccc(B(O)O)cc1. The molecule has 0 saturated carbocycles. The normalized spacial score (nSPS) is 11.8. The molecule has 0 saturated heterocycles. The standard InChI is InChI=1S/C24H42BN3O6/c1-23(2,3)33-21(29)26-14-7-8-16-28(17-9-15-27-22(30)34-24(4,5)6)18-19-10-12-20(13-11-19)25(31)32/h10-13,31-32H,7-9,14-18H2,1-6H3,(H,26,29)(H,27,30). The van der Waals surface area contributed by atoms with Crippen LogP contribution in [0.2, 0.25) is 0 Å². The van der Waals surface area contributed by atoms with Crippen LogP contribution < -0.4 is 16.1 Å². The fraction of sp³-hybridized carbons (Fsp3) is 0.667. The Labute approximate surface area is 204 Å². The molecule has 0 unspecified atom stereocenters. The maximum Gasteiger partial charge on any atom is 0.488 e. The molecule has 0 heterocycles. The summed E-state index contributed by atoms with van der Waals surface area (Å²) < 4.78 is 10.5. The Morgan fingerprint density at radius 1 is 0.824 bits per heavy atom. The molecule has 0 bridgehead atoms. The lowest BCUT2D eigenvalue weighted by atomic mass is 9.80. The van der Waals surface area contributed by atoms with Crippen LogP contribution in [0.1, 0.15) is 66.4 Å². The van der Waals surface area contributed by atoms with Gasteiger partial charge in [-0.15, -0.1) is 0 Å². The molecule has 0 aliphatic heterocycles. The lowest BCUT2D eigenvalue weighted by Crippen LogP contribution is -2.35. The number of rotatable bonds is 12. The van der Waals surface area contributed by atoms with Crippen LogP contribution in [0.4, 0.5) is 9.59 Å². The molecular weight excluding hydrogens is 437 g/mol. The van der Waals surface area contributed by atoms with Gasteiger partial charge in [-0.05, 0) is 78.4 Å². The molecule has 4 N–H and O–H groups in total. The fourth-order valence-corrected chi connectivity index (χ4v) is 3.10. The van der Waals surface area contributed by atoms with Gasteiger partial charge in [-0.1, -0.05) is 24.3 Å². The highest BCUT2D eigenvalue weighted by molar-refractivity contribution is 6.58. The number of alkyl carbamates (subject to hydrolysis) is 2. The summed E-state index contributed by atoms with van der Waals surface area (Å²) in [6.07, 6.45) is 1.60. The number of carbonyl (C=O) groups excluding carboxylic acids is 2. The van der Waals surface area contributed by atoms with Crippen molar-refractivity contribution in [2.24, 2.45) is 0 Å². The number of unbranched alkanes of at least 4 members (excludes halogenated alkanes) is 1. The third kappa shape index (κ3) is 14.8. The van der Waals surface area contributed by atoms with Crippen LogP contribution in [0.25, 0.3) is 0 Å². The second-order valence-corrected chi connectivity index (χ2v) is 10.3. The van der Waals surface area contributed by atoms with E-state index in [4.69, 9.17) is 9.47 Å². The van der Waals surface area contributed by atoms with E-state index in [0.717, 1.165) is 37.9 Å². The summed E-state index contributed by atoms with van der Waals surface area (Å²) >= 11 is 0. The largest absolute Gasteiger partial charge is 0.488 e. The molecule has 34 heavy (non-hydrogen) atoms. The molecule has 2 amide bonds. The van der Waals surface area contributed by atoms with Crippen LogP contribution in [-0.2, 0) is 16.0 Å². The van der Waals surface area contributed by atoms with E-state index >= 15 is 0 Å². The van der Waals surface area contributed by atoms with Crippen molar-refractivity contribution in [3.05, 3.63) is 29.8 Å². The summed E-state index contributed by atoms with van der Waals surface area (Å²) in [4.78, 5) is 25.9. The van der Waals surface area contributed by atoms with Gasteiger partial charge < -0.3 is 30.2 Å². The molecule has 1 rings (SSSR count). The quantitative estimate of drug-likeness (QED) is 0.268. The molecule has 1 aromatic rings. The first-order valence-electron chi connectivity index (χ1n) is 11.9. The number of nitrogens with zero attached hydrogens (tertiary/aromatic N) is 1. The zero-order chi connectivity index (χ0) is 25.8. The monoisotopic (exact) mass is 479 g/mol. The Morgan fingerprint density at radius 2 is 1.29 bits per heavy atom. The third-order valence-electron chi connectivity index (χ3n) is 4.57. The minimum Gasteiger partial charge on any atom is -0.444 e. The van der Waals surface area contributed by atoms with Crippen LogP contribution in [0.3, 0.4) is 0 Å². The van der Waals surface area contributed by atoms with Gasteiger partial charge in [0.1, 0.15) is 11.2 Å². The topological polar surface area (TPSA) is 120 Å². The van der Waals surface area contributed by atoms with E-state index in [9.17, 15) is 19.6 Å². The van der Waals surface area contributed by atoms with Gasteiger partial charge in [-0.3, -0.25) is 4.90 Å². The number of ether oxygens (including phenoxy) is 2. The molecule has 0 fully saturated rings. The molecule has 192 valence electrons. The highest BCUT2D eigenvalue weighted by Gasteiger charge is 2.17. The smallest absolute Gasteiger partial charge is 0.444 e. The van der Waals surface area contributed by atoms with E-state index in [0.29, 0.717) is 25.1 Å². The van der Waals surface area contributed by atoms with Gasteiger partial charge in [0.2, 0.25) is 0 Å². The van der Waals surface area contributed by atoms with Crippen LogP contribution in [0.15, 0.2) is 24.3 Å². The average Bonchev–Trinajstić information content (AvgIpc) is 2.68. The number of nitrogens with one attached hydrogen (secondary N) is 2. The van der Waals surface area contributed by atoms with E-state index in [2.05, 4.69) is 15.5 Å². The molecule has 9 nitrogen and oxygen atoms in total. The predicted molar refractivity (Wildman–Crippen MR) is 134 cm³/mol. The summed E-state index contributed by atoms with van der Waals surface area (Å²) in [7, 11) is -1.48. The zero-order valence-corrected chi connectivity index (χ0v) is 21.5. The molecule has 0 radical (unpaired) electrons. The number of carbonyl (C=O) groups is 2. The summed E-state index contributed by atoms with van der Waals surface area (Å²) in [6, 6.07) is 7.16. The summed E-state index contributed by atoms with van der Waals surface area (Å²) in [5, 5.41) is 24.1. The first-order valence-corrected chi connectivity index (χ1v) is 11.9. The Balaban J connectivity index is 2.51. The van der Waals surface area contributed by atoms with Crippen LogP contribution in [0.5, 0.6) is 0 Å². The number of amides is 2. The van der Waals surface area contributed by atoms with E-state index in [-0.39, 0.29) is 0 Å². The van der Waals surface area contributed by atoms with Gasteiger partial charge in [-0.25, -0.2) is 9.59 Å². The Hall–Kier alpha value is -2.30. The summed E-state index contributed by atoms with van der Waals surface area (Å²) in [6.45, 7) is 14.3. The Kier molecular flexibility index (Phi) is 12.4. The number of hydrogen-bond acceptors (Lipinski definition) is 7. The van der Waals surface area contributed by atoms with Crippen LogP contribution in [0, 0.1) is 0 Å². The highest BCUT2D eigenvalue weighted by Crippen LogP contribution is 2.09. The van der Waals surface area contributed by atoms with E-state index in [1.807, 2.05) is 53.7 Å². The average molecular weight is 479 g/mol. The van der Waals surface area contributed by atoms with E-state index in [1.54, 1.807) is 12.1 Å². The fourth-order valence-electron chi connectivity index (χ4n) is 3.10. The van der Waals surface area contributed by atoms with E-state index in [1.165, 1.54) is 0 Å². The van der Waals surface area contributed by atoms with Gasteiger partial charge in [-0.2, -0.15) is 0 Å². The second kappa shape index (κ2) is 14.2. The number of hydrogen-bond donors (Lipinski definition) is 4. The van der Waals surface area contributed by atoms with Gasteiger partial charge in [0.25, 0.3) is 0 Å². The van der Waals surface area contributed by atoms with Crippen molar-refractivity contribution in [3.63, 3.8) is 0 Å². The van der Waals surface area contributed by atoms with Crippen molar-refractivity contribution in [3.8, 4) is 0 Å². The lowest BCUT2D eigenvalue weighted by Gasteiger charge is -2.23. The number of benzene rings is 1. The van der Waals surface area contributed by atoms with Crippen LogP contribution >= 0.6 is 0 Å². The molecular formula is C24H42BN3O6. The molecule has 1 aromatic carbocycles. The van der Waals surface area contributed by atoms with E-state index < -0.39 is 30.5 Å². The molecule has 0 aliphatic rings. The highest BCUT2D eigenvalue weighted by atomic mass is 16.6. The first-order chi connectivity index (χ1) is 15.7. The maximum atomic E-state index is 11.8. The van der Waals surface area contributed by atoms with Gasteiger partial charge in [0.15, 0.2) is 0 Å². The van der Waals surface area contributed by atoms with Gasteiger partial charge in [0.05, 0.1) is 0 Å². The van der Waals surface area contributed by atoms with Gasteiger partial charge >= 0.3 is 19.3 Å². The lowest BCUT2D eigenvalue weighted by molar-refractivity contribution is 0.0513. The predicted octanol–water partition coefficient (Wildman–Crippen LogP) is 2.39. The van der Waals surface area contributed by atoms with Crippen molar-refractivity contribution in [1.29, 1.82) is 0 Å². The Morgan fingerprint density at radius 3 is 1.76 bits per heavy atom. The zero-order valence-electron chi connectivity index (χ0n) is 21.5. The van der Waals surface area contributed by atoms with Crippen molar-refractivity contribution in [2.75, 3.05) is 26.2 Å². The van der Waals surface area contributed by atoms with Crippen LogP contribution in [-0.4, -0.2) is 71.6 Å². The Bertz CT molecular complexity index is 745. The molecule has 10 heteroatoms.